The molecule has 0 aromatic carbocycles. The number of likely N-dealkylation sites (tertiary alicyclic amines) is 1. The summed E-state index contributed by atoms with van der Waals surface area (Å²) in [6.45, 7) is 7.31. The van der Waals surface area contributed by atoms with Crippen molar-refractivity contribution in [3.8, 4) is 0 Å². The molecule has 1 spiro atoms. The highest BCUT2D eigenvalue weighted by molar-refractivity contribution is 14.0. The molecule has 0 aromatic heterocycles. The van der Waals surface area contributed by atoms with Gasteiger partial charge < -0.3 is 10.2 Å². The fraction of sp³-hybridized carbons (Fsp3) is 0.933. The minimum Gasteiger partial charge on any atom is -0.355 e. The SMILES string of the molecule is CCN(CC)S(=O)(=O)CCNC(=NC)N1CCC2(CCC2)C1.I. The number of nitrogens with zero attached hydrogens (tertiary/aromatic N) is 3. The standard InChI is InChI=1S/C15H30N4O2S.HI/c1-4-19(5-2)22(20,21)12-10-17-14(16-3)18-11-9-15(13-18)7-6-8-15;/h4-13H2,1-3H3,(H,16,17);1H. The van der Waals surface area contributed by atoms with Gasteiger partial charge in [-0.25, -0.2) is 12.7 Å². The molecule has 6 nitrogen and oxygen atoms in total. The lowest BCUT2D eigenvalue weighted by atomic mass is 9.68. The summed E-state index contributed by atoms with van der Waals surface area (Å²) < 4.78 is 25.9. The lowest BCUT2D eigenvalue weighted by Gasteiger charge is -2.38. The summed E-state index contributed by atoms with van der Waals surface area (Å²) in [5.74, 6) is 0.964. The fourth-order valence-corrected chi connectivity index (χ4v) is 4.98. The average Bonchev–Trinajstić information content (AvgIpc) is 2.90. The number of aliphatic imine (C=N–C) groups is 1. The normalized spacial score (nSPS) is 20.5. The summed E-state index contributed by atoms with van der Waals surface area (Å²) in [4.78, 5) is 6.60. The molecule has 2 rings (SSSR count). The van der Waals surface area contributed by atoms with E-state index in [1.807, 2.05) is 13.8 Å². The molecule has 1 saturated carbocycles. The van der Waals surface area contributed by atoms with Crippen LogP contribution >= 0.6 is 24.0 Å². The fourth-order valence-electron chi connectivity index (χ4n) is 3.57. The van der Waals surface area contributed by atoms with Crippen LogP contribution in [0.25, 0.3) is 0 Å². The molecule has 1 N–H and O–H groups in total. The maximum atomic E-state index is 12.2. The Labute approximate surface area is 158 Å². The van der Waals surface area contributed by atoms with Gasteiger partial charge in [0.1, 0.15) is 0 Å². The first-order valence-corrected chi connectivity index (χ1v) is 10.0. The number of sulfonamides is 1. The monoisotopic (exact) mass is 458 g/mol. The molecule has 1 saturated heterocycles. The molecule has 8 heteroatoms. The van der Waals surface area contributed by atoms with Crippen LogP contribution in [0.3, 0.4) is 0 Å². The van der Waals surface area contributed by atoms with E-state index in [1.54, 1.807) is 7.05 Å². The topological polar surface area (TPSA) is 65.0 Å². The molecular formula is C15H31IN4O2S. The quantitative estimate of drug-likeness (QED) is 0.374. The molecule has 1 heterocycles. The summed E-state index contributed by atoms with van der Waals surface area (Å²) in [6, 6.07) is 0. The molecule has 2 aliphatic rings. The third-order valence-corrected chi connectivity index (χ3v) is 7.13. The predicted octanol–water partition coefficient (Wildman–Crippen LogP) is 1.73. The smallest absolute Gasteiger partial charge is 0.215 e. The largest absolute Gasteiger partial charge is 0.355 e. The highest BCUT2D eigenvalue weighted by Crippen LogP contribution is 2.47. The van der Waals surface area contributed by atoms with E-state index in [0.717, 1.165) is 19.0 Å². The van der Waals surface area contributed by atoms with Crippen molar-refractivity contribution in [1.29, 1.82) is 0 Å². The van der Waals surface area contributed by atoms with Gasteiger partial charge in [0, 0.05) is 39.8 Å². The molecule has 2 fully saturated rings. The lowest BCUT2D eigenvalue weighted by molar-refractivity contribution is 0.151. The van der Waals surface area contributed by atoms with Crippen molar-refractivity contribution >= 4 is 40.0 Å². The summed E-state index contributed by atoms with van der Waals surface area (Å²) in [7, 11) is -1.40. The predicted molar refractivity (Wildman–Crippen MR) is 106 cm³/mol. The van der Waals surface area contributed by atoms with Gasteiger partial charge in [-0.1, -0.05) is 20.3 Å². The number of rotatable bonds is 6. The number of guanidine groups is 1. The lowest BCUT2D eigenvalue weighted by Crippen LogP contribution is -2.45. The molecule has 0 unspecified atom stereocenters. The van der Waals surface area contributed by atoms with E-state index in [1.165, 1.54) is 30.0 Å². The first-order chi connectivity index (χ1) is 10.5. The Balaban J connectivity index is 0.00000264. The highest BCUT2D eigenvalue weighted by Gasteiger charge is 2.43. The molecule has 0 bridgehead atoms. The summed E-state index contributed by atoms with van der Waals surface area (Å²) in [6.07, 6.45) is 5.25. The van der Waals surface area contributed by atoms with Gasteiger partial charge in [-0.05, 0) is 24.7 Å². The van der Waals surface area contributed by atoms with Crippen LogP contribution in [0.2, 0.25) is 0 Å². The van der Waals surface area contributed by atoms with Gasteiger partial charge >= 0.3 is 0 Å². The van der Waals surface area contributed by atoms with Crippen molar-refractivity contribution < 1.29 is 8.42 Å². The van der Waals surface area contributed by atoms with Crippen LogP contribution in [0.15, 0.2) is 4.99 Å². The van der Waals surface area contributed by atoms with Crippen LogP contribution in [0, 0.1) is 5.41 Å². The zero-order chi connectivity index (χ0) is 16.2. The molecule has 23 heavy (non-hydrogen) atoms. The second kappa shape index (κ2) is 8.84. The molecule has 1 aliphatic heterocycles. The Morgan fingerprint density at radius 2 is 1.91 bits per heavy atom. The Bertz CT molecular complexity index is 502. The minimum atomic E-state index is -3.17. The average molecular weight is 458 g/mol. The van der Waals surface area contributed by atoms with Gasteiger partial charge in [-0.3, -0.25) is 4.99 Å². The van der Waals surface area contributed by atoms with Gasteiger partial charge in [0.15, 0.2) is 5.96 Å². The Morgan fingerprint density at radius 3 is 2.35 bits per heavy atom. The van der Waals surface area contributed by atoms with E-state index in [0.29, 0.717) is 25.0 Å². The Kier molecular flexibility index (Phi) is 8.06. The van der Waals surface area contributed by atoms with E-state index >= 15 is 0 Å². The maximum Gasteiger partial charge on any atom is 0.215 e. The van der Waals surface area contributed by atoms with Gasteiger partial charge in [0.2, 0.25) is 10.0 Å². The first kappa shape index (κ1) is 21.0. The Morgan fingerprint density at radius 1 is 1.26 bits per heavy atom. The highest BCUT2D eigenvalue weighted by atomic mass is 127. The van der Waals surface area contributed by atoms with E-state index < -0.39 is 10.0 Å². The second-order valence-corrected chi connectivity index (χ2v) is 8.49. The molecule has 136 valence electrons. The van der Waals surface area contributed by atoms with Crippen molar-refractivity contribution in [3.05, 3.63) is 0 Å². The second-order valence-electron chi connectivity index (χ2n) is 6.40. The van der Waals surface area contributed by atoms with E-state index in [-0.39, 0.29) is 29.7 Å². The van der Waals surface area contributed by atoms with Crippen LogP contribution in [0.4, 0.5) is 0 Å². The van der Waals surface area contributed by atoms with Crippen LogP contribution < -0.4 is 5.32 Å². The van der Waals surface area contributed by atoms with Gasteiger partial charge in [-0.2, -0.15) is 0 Å². The summed E-state index contributed by atoms with van der Waals surface area (Å²) in [5, 5.41) is 3.23. The number of hydrogen-bond donors (Lipinski definition) is 1. The number of hydrogen-bond acceptors (Lipinski definition) is 3. The van der Waals surface area contributed by atoms with Crippen LogP contribution in [-0.2, 0) is 10.0 Å². The van der Waals surface area contributed by atoms with Crippen molar-refractivity contribution in [2.45, 2.75) is 39.5 Å². The Hall–Kier alpha value is -0.0900. The van der Waals surface area contributed by atoms with E-state index in [2.05, 4.69) is 15.2 Å². The van der Waals surface area contributed by atoms with Crippen LogP contribution in [-0.4, -0.2) is 69.1 Å². The number of halogens is 1. The maximum absolute atomic E-state index is 12.2. The van der Waals surface area contributed by atoms with Crippen LogP contribution in [0.1, 0.15) is 39.5 Å². The molecule has 0 aromatic rings. The van der Waals surface area contributed by atoms with Crippen LogP contribution in [0.5, 0.6) is 0 Å². The molecular weight excluding hydrogens is 427 g/mol. The number of nitrogens with one attached hydrogen (secondary N) is 1. The third-order valence-electron chi connectivity index (χ3n) is 5.11. The minimum absolute atomic E-state index is 0. The van der Waals surface area contributed by atoms with Crippen molar-refractivity contribution in [2.24, 2.45) is 10.4 Å². The zero-order valence-electron chi connectivity index (χ0n) is 14.5. The van der Waals surface area contributed by atoms with Gasteiger partial charge in [0.25, 0.3) is 0 Å². The van der Waals surface area contributed by atoms with Gasteiger partial charge in [0.05, 0.1) is 5.75 Å². The molecule has 0 atom stereocenters. The first-order valence-electron chi connectivity index (χ1n) is 8.40. The van der Waals surface area contributed by atoms with E-state index in [9.17, 15) is 8.42 Å². The van der Waals surface area contributed by atoms with Crippen molar-refractivity contribution in [1.82, 2.24) is 14.5 Å². The molecule has 0 amide bonds. The summed E-state index contributed by atoms with van der Waals surface area (Å²) in [5.41, 5.74) is 0.519. The third kappa shape index (κ3) is 4.94. The van der Waals surface area contributed by atoms with Crippen molar-refractivity contribution in [3.63, 3.8) is 0 Å². The van der Waals surface area contributed by atoms with Gasteiger partial charge in [-0.15, -0.1) is 24.0 Å². The van der Waals surface area contributed by atoms with Crippen molar-refractivity contribution in [2.75, 3.05) is 45.5 Å². The molecule has 0 radical (unpaired) electrons. The summed E-state index contributed by atoms with van der Waals surface area (Å²) >= 11 is 0. The zero-order valence-corrected chi connectivity index (χ0v) is 17.7. The molecule has 1 aliphatic carbocycles. The van der Waals surface area contributed by atoms with E-state index in [4.69, 9.17) is 0 Å².